The van der Waals surface area contributed by atoms with Gasteiger partial charge >= 0.3 is 0 Å². The van der Waals surface area contributed by atoms with Crippen LogP contribution in [0.2, 0.25) is 0 Å². The summed E-state index contributed by atoms with van der Waals surface area (Å²) < 4.78 is 0. The lowest BCUT2D eigenvalue weighted by molar-refractivity contribution is 0.302. The smallest absolute Gasteiger partial charge is 0.0986 e. The van der Waals surface area contributed by atoms with Crippen molar-refractivity contribution in [3.05, 3.63) is 64.7 Å². The molecule has 0 saturated carbocycles. The molecule has 1 N–H and O–H groups in total. The van der Waals surface area contributed by atoms with E-state index in [9.17, 15) is 10.0 Å². The molecule has 2 heterocycles. The van der Waals surface area contributed by atoms with E-state index in [1.807, 2.05) is 17.0 Å². The third-order valence-corrected chi connectivity index (χ3v) is 4.52. The van der Waals surface area contributed by atoms with Crippen molar-refractivity contribution in [2.75, 3.05) is 37.7 Å². The van der Waals surface area contributed by atoms with Crippen molar-refractivity contribution < 1.29 is 5.11 Å². The Morgan fingerprint density at radius 1 is 1.25 bits per heavy atom. The fraction of sp³-hybridized carbons (Fsp3) is 0.368. The first-order valence-corrected chi connectivity index (χ1v) is 8.38. The lowest BCUT2D eigenvalue weighted by Crippen LogP contribution is -2.29. The zero-order chi connectivity index (χ0) is 16.8. The first kappa shape index (κ1) is 16.5. The SMILES string of the molecule is O=NCCN(CCO)c1ccc(/C=C2\CCN3C=CC=CC23)cc1. The van der Waals surface area contributed by atoms with Crippen molar-refractivity contribution in [3.63, 3.8) is 0 Å². The first-order valence-electron chi connectivity index (χ1n) is 8.38. The maximum Gasteiger partial charge on any atom is 0.0986 e. The van der Waals surface area contributed by atoms with E-state index < -0.39 is 0 Å². The molecule has 126 valence electrons. The number of nitrogens with zero attached hydrogens (tertiary/aromatic N) is 3. The van der Waals surface area contributed by atoms with Gasteiger partial charge in [-0.1, -0.05) is 35.5 Å². The monoisotopic (exact) mass is 325 g/mol. The molecule has 0 spiro atoms. The number of fused-ring (bicyclic) bond motifs is 1. The van der Waals surface area contributed by atoms with Gasteiger partial charge in [-0.15, -0.1) is 0 Å². The minimum absolute atomic E-state index is 0.0576. The number of rotatable bonds is 7. The molecule has 0 aliphatic carbocycles. The molecule has 0 bridgehead atoms. The zero-order valence-corrected chi connectivity index (χ0v) is 13.7. The molecular weight excluding hydrogens is 302 g/mol. The van der Waals surface area contributed by atoms with Gasteiger partial charge in [0.1, 0.15) is 0 Å². The summed E-state index contributed by atoms with van der Waals surface area (Å²) in [5.41, 5.74) is 3.61. The van der Waals surface area contributed by atoms with Crippen molar-refractivity contribution in [1.29, 1.82) is 0 Å². The predicted octanol–water partition coefficient (Wildman–Crippen LogP) is 2.79. The van der Waals surface area contributed by atoms with Crippen LogP contribution >= 0.6 is 0 Å². The number of hydrogen-bond donors (Lipinski definition) is 1. The molecule has 0 radical (unpaired) electrons. The van der Waals surface area contributed by atoms with Crippen LogP contribution in [0, 0.1) is 4.91 Å². The summed E-state index contributed by atoms with van der Waals surface area (Å²) in [4.78, 5) is 14.7. The fourth-order valence-corrected chi connectivity index (χ4v) is 3.29. The largest absolute Gasteiger partial charge is 0.395 e. The number of hydrogen-bond acceptors (Lipinski definition) is 5. The molecule has 1 fully saturated rings. The third kappa shape index (κ3) is 3.74. The van der Waals surface area contributed by atoms with Crippen molar-refractivity contribution in [1.82, 2.24) is 4.90 Å². The molecule has 0 aromatic heterocycles. The second kappa shape index (κ2) is 7.93. The number of anilines is 1. The van der Waals surface area contributed by atoms with Gasteiger partial charge < -0.3 is 14.9 Å². The van der Waals surface area contributed by atoms with Gasteiger partial charge in [-0.05, 0) is 42.0 Å². The molecule has 2 aliphatic heterocycles. The summed E-state index contributed by atoms with van der Waals surface area (Å²) in [5, 5.41) is 12.1. The lowest BCUT2D eigenvalue weighted by Gasteiger charge is -2.23. The first-order chi connectivity index (χ1) is 11.8. The number of allylic oxidation sites excluding steroid dienone is 2. The molecule has 1 atom stereocenters. The highest BCUT2D eigenvalue weighted by atomic mass is 16.3. The lowest BCUT2D eigenvalue weighted by atomic mass is 10.0. The molecule has 3 rings (SSSR count). The van der Waals surface area contributed by atoms with Crippen LogP contribution in [-0.4, -0.2) is 48.8 Å². The Bertz CT molecular complexity index is 649. The fourth-order valence-electron chi connectivity index (χ4n) is 3.29. The van der Waals surface area contributed by atoms with Gasteiger partial charge in [-0.3, -0.25) is 0 Å². The summed E-state index contributed by atoms with van der Waals surface area (Å²) >= 11 is 0. The van der Waals surface area contributed by atoms with E-state index in [0.717, 1.165) is 18.7 Å². The van der Waals surface area contributed by atoms with Gasteiger partial charge in [0.05, 0.1) is 19.2 Å². The standard InChI is InChI=1S/C19H23N3O2/c23-14-13-21(12-9-20-24)18-6-4-16(5-7-18)15-17-8-11-22-10-2-1-3-19(17)22/h1-7,10,15,19,23H,8-9,11-14H2/b17-15+. The topological polar surface area (TPSA) is 56.1 Å². The van der Waals surface area contributed by atoms with Gasteiger partial charge in [0.15, 0.2) is 0 Å². The molecule has 1 saturated heterocycles. The summed E-state index contributed by atoms with van der Waals surface area (Å²) in [5.74, 6) is 0. The molecule has 24 heavy (non-hydrogen) atoms. The average Bonchev–Trinajstić information content (AvgIpc) is 3.03. The van der Waals surface area contributed by atoms with Crippen LogP contribution in [0.3, 0.4) is 0 Å². The van der Waals surface area contributed by atoms with Crippen LogP contribution < -0.4 is 4.90 Å². The highest BCUT2D eigenvalue weighted by Gasteiger charge is 2.25. The minimum Gasteiger partial charge on any atom is -0.395 e. The average molecular weight is 325 g/mol. The number of benzene rings is 1. The predicted molar refractivity (Wildman–Crippen MR) is 97.8 cm³/mol. The maximum absolute atomic E-state index is 10.3. The Morgan fingerprint density at radius 2 is 2.08 bits per heavy atom. The van der Waals surface area contributed by atoms with E-state index in [2.05, 4.69) is 52.7 Å². The molecule has 0 amide bonds. The molecule has 1 aromatic rings. The van der Waals surface area contributed by atoms with Gasteiger partial charge in [0.25, 0.3) is 0 Å². The molecule has 2 aliphatic rings. The molecule has 1 unspecified atom stereocenters. The van der Waals surface area contributed by atoms with Gasteiger partial charge in [0.2, 0.25) is 0 Å². The van der Waals surface area contributed by atoms with E-state index in [4.69, 9.17) is 0 Å². The minimum atomic E-state index is 0.0576. The van der Waals surface area contributed by atoms with E-state index in [-0.39, 0.29) is 13.2 Å². The van der Waals surface area contributed by atoms with Crippen LogP contribution in [0.4, 0.5) is 5.69 Å². The number of aliphatic hydroxyl groups is 1. The number of nitroso groups, excluding NO2 is 1. The van der Waals surface area contributed by atoms with Crippen molar-refractivity contribution >= 4 is 11.8 Å². The summed E-state index contributed by atoms with van der Waals surface area (Å²) in [6.07, 6.45) is 11.9. The van der Waals surface area contributed by atoms with Crippen molar-refractivity contribution in [2.24, 2.45) is 5.18 Å². The molecule has 5 heteroatoms. The van der Waals surface area contributed by atoms with E-state index in [1.165, 1.54) is 11.1 Å². The van der Waals surface area contributed by atoms with Gasteiger partial charge in [-0.25, -0.2) is 0 Å². The van der Waals surface area contributed by atoms with E-state index >= 15 is 0 Å². The Kier molecular flexibility index (Phi) is 5.43. The highest BCUT2D eigenvalue weighted by molar-refractivity contribution is 5.60. The van der Waals surface area contributed by atoms with Crippen LogP contribution in [-0.2, 0) is 0 Å². The van der Waals surface area contributed by atoms with Crippen LogP contribution in [0.1, 0.15) is 12.0 Å². The Hall–Kier alpha value is -2.40. The van der Waals surface area contributed by atoms with E-state index in [1.54, 1.807) is 0 Å². The summed E-state index contributed by atoms with van der Waals surface area (Å²) in [6, 6.07) is 8.64. The maximum atomic E-state index is 10.3. The van der Waals surface area contributed by atoms with Crippen LogP contribution in [0.25, 0.3) is 6.08 Å². The van der Waals surface area contributed by atoms with Crippen molar-refractivity contribution in [2.45, 2.75) is 12.5 Å². The zero-order valence-electron chi connectivity index (χ0n) is 13.7. The second-order valence-corrected chi connectivity index (χ2v) is 6.03. The normalized spacial score (nSPS) is 20.5. The van der Waals surface area contributed by atoms with Crippen LogP contribution in [0.15, 0.2) is 59.4 Å². The Balaban J connectivity index is 1.72. The molecular formula is C19H23N3O2. The van der Waals surface area contributed by atoms with E-state index in [0.29, 0.717) is 19.1 Å². The quantitative estimate of drug-likeness (QED) is 0.783. The van der Waals surface area contributed by atoms with Gasteiger partial charge in [0, 0.05) is 25.3 Å². The Labute approximate surface area is 142 Å². The van der Waals surface area contributed by atoms with Crippen LogP contribution in [0.5, 0.6) is 0 Å². The molecule has 5 nitrogen and oxygen atoms in total. The third-order valence-electron chi connectivity index (χ3n) is 4.52. The summed E-state index contributed by atoms with van der Waals surface area (Å²) in [6.45, 7) is 2.38. The van der Waals surface area contributed by atoms with Crippen molar-refractivity contribution in [3.8, 4) is 0 Å². The second-order valence-electron chi connectivity index (χ2n) is 6.03. The summed E-state index contributed by atoms with van der Waals surface area (Å²) in [7, 11) is 0. The molecule has 1 aromatic carbocycles. The number of aliphatic hydroxyl groups excluding tert-OH is 1. The van der Waals surface area contributed by atoms with Gasteiger partial charge in [-0.2, -0.15) is 4.91 Å². The Morgan fingerprint density at radius 3 is 2.83 bits per heavy atom. The highest BCUT2D eigenvalue weighted by Crippen LogP contribution is 2.29.